The lowest BCUT2D eigenvalue weighted by Gasteiger charge is -2.20. The van der Waals surface area contributed by atoms with Crippen molar-refractivity contribution in [3.05, 3.63) is 35.4 Å². The summed E-state index contributed by atoms with van der Waals surface area (Å²) in [6.45, 7) is 1.96. The number of hydrogen-bond donors (Lipinski definition) is 3. The van der Waals surface area contributed by atoms with Gasteiger partial charge in [0.15, 0.2) is 0 Å². The van der Waals surface area contributed by atoms with Gasteiger partial charge in [-0.25, -0.2) is 4.79 Å². The topological polar surface area (TPSA) is 149 Å². The van der Waals surface area contributed by atoms with Crippen LogP contribution in [0.3, 0.4) is 0 Å². The van der Waals surface area contributed by atoms with Gasteiger partial charge in [0.25, 0.3) is 0 Å². The molecule has 0 saturated carbocycles. The van der Waals surface area contributed by atoms with Crippen molar-refractivity contribution < 1.29 is 34.1 Å². The SMILES string of the molecule is CCO[C@@H](Cc1ccc(O)cc1)C(=O)N[C@@H](CCC(=O)C=[N+]=[N-])C(=O)O. The van der Waals surface area contributed by atoms with Crippen LogP contribution in [0, 0.1) is 0 Å². The second kappa shape index (κ2) is 10.8. The summed E-state index contributed by atoms with van der Waals surface area (Å²) in [7, 11) is 0. The molecule has 9 nitrogen and oxygen atoms in total. The molecule has 0 spiro atoms. The summed E-state index contributed by atoms with van der Waals surface area (Å²) in [4.78, 5) is 37.6. The Balaban J connectivity index is 2.75. The number of benzene rings is 1. The lowest BCUT2D eigenvalue weighted by Crippen LogP contribution is -2.47. The molecule has 0 aromatic heterocycles. The Labute approximate surface area is 150 Å². The third-order valence-electron chi connectivity index (χ3n) is 3.51. The van der Waals surface area contributed by atoms with E-state index in [4.69, 9.17) is 10.3 Å². The third-order valence-corrected chi connectivity index (χ3v) is 3.51. The van der Waals surface area contributed by atoms with Gasteiger partial charge in [0.1, 0.15) is 17.9 Å². The molecular weight excluding hydrogens is 342 g/mol. The van der Waals surface area contributed by atoms with Crippen molar-refractivity contribution >= 4 is 23.9 Å². The lowest BCUT2D eigenvalue weighted by molar-refractivity contribution is -0.144. The Morgan fingerprint density at radius 1 is 1.31 bits per heavy atom. The first-order valence-electron chi connectivity index (χ1n) is 8.00. The van der Waals surface area contributed by atoms with Crippen LogP contribution < -0.4 is 5.32 Å². The first kappa shape index (κ1) is 21.0. The Morgan fingerprint density at radius 2 is 1.96 bits per heavy atom. The van der Waals surface area contributed by atoms with E-state index in [1.54, 1.807) is 19.1 Å². The fourth-order valence-corrected chi connectivity index (χ4v) is 2.21. The molecule has 0 aliphatic carbocycles. The maximum Gasteiger partial charge on any atom is 0.326 e. The highest BCUT2D eigenvalue weighted by Gasteiger charge is 2.26. The normalized spacial score (nSPS) is 12.5. The molecule has 1 amide bonds. The highest BCUT2D eigenvalue weighted by Crippen LogP contribution is 2.13. The van der Waals surface area contributed by atoms with E-state index in [0.717, 1.165) is 5.56 Å². The summed E-state index contributed by atoms with van der Waals surface area (Å²) in [6.07, 6.45) is -0.388. The molecule has 140 valence electrons. The Morgan fingerprint density at radius 3 is 2.50 bits per heavy atom. The molecule has 0 heterocycles. The number of aliphatic carboxylic acids is 1. The number of carboxylic acids is 1. The predicted molar refractivity (Wildman–Crippen MR) is 90.7 cm³/mol. The van der Waals surface area contributed by atoms with Gasteiger partial charge >= 0.3 is 12.2 Å². The highest BCUT2D eigenvalue weighted by atomic mass is 16.5. The Kier molecular flexibility index (Phi) is 8.69. The van der Waals surface area contributed by atoms with Crippen LogP contribution in [-0.2, 0) is 25.5 Å². The van der Waals surface area contributed by atoms with E-state index >= 15 is 0 Å². The number of Topliss-reactive ketones (excluding diaryl/α,β-unsaturated/α-hetero) is 1. The minimum atomic E-state index is -1.29. The summed E-state index contributed by atoms with van der Waals surface area (Å²) in [6, 6.07) is 4.95. The van der Waals surface area contributed by atoms with Gasteiger partial charge in [-0.2, -0.15) is 4.79 Å². The number of carboxylic acid groups (broad SMARTS) is 1. The van der Waals surface area contributed by atoms with Gasteiger partial charge < -0.3 is 25.8 Å². The second-order valence-electron chi connectivity index (χ2n) is 5.46. The van der Waals surface area contributed by atoms with Crippen molar-refractivity contribution in [3.63, 3.8) is 0 Å². The van der Waals surface area contributed by atoms with Crippen molar-refractivity contribution in [2.45, 2.75) is 38.3 Å². The monoisotopic (exact) mass is 363 g/mol. The van der Waals surface area contributed by atoms with Gasteiger partial charge in [0.05, 0.1) is 0 Å². The molecule has 1 aromatic carbocycles. The summed E-state index contributed by atoms with van der Waals surface area (Å²) in [5.74, 6) is -2.37. The first-order valence-corrected chi connectivity index (χ1v) is 8.00. The van der Waals surface area contributed by atoms with Crippen LogP contribution in [0.1, 0.15) is 25.3 Å². The second-order valence-corrected chi connectivity index (χ2v) is 5.46. The standard InChI is InChI=1S/C17H21N3O6/c1-2-26-15(9-11-3-5-12(21)6-4-11)16(23)20-14(17(24)25)8-7-13(22)10-19-18/h3-6,10,14-15,21H,2,7-9H2,1H3,(H,20,23)(H,24,25)/t14-,15-/m0/s1. The summed E-state index contributed by atoms with van der Waals surface area (Å²) in [5.41, 5.74) is 9.01. The van der Waals surface area contributed by atoms with E-state index in [-0.39, 0.29) is 31.6 Å². The Bertz CT molecular complexity index is 682. The average molecular weight is 363 g/mol. The van der Waals surface area contributed by atoms with Gasteiger partial charge in [-0.1, -0.05) is 12.1 Å². The van der Waals surface area contributed by atoms with Crippen molar-refractivity contribution in [3.8, 4) is 5.75 Å². The van der Waals surface area contributed by atoms with Crippen LogP contribution in [0.15, 0.2) is 24.3 Å². The van der Waals surface area contributed by atoms with Crippen LogP contribution in [0.5, 0.6) is 5.75 Å². The third kappa shape index (κ3) is 7.25. The number of phenols is 1. The van der Waals surface area contributed by atoms with Gasteiger partial charge in [-0.3, -0.25) is 9.59 Å². The number of ether oxygens (including phenoxy) is 1. The van der Waals surface area contributed by atoms with Crippen LogP contribution in [-0.4, -0.2) is 57.6 Å². The number of carbonyl (C=O) groups is 3. The number of amides is 1. The van der Waals surface area contributed by atoms with Gasteiger partial charge in [-0.15, -0.1) is 0 Å². The number of nitrogens with zero attached hydrogens (tertiary/aromatic N) is 2. The highest BCUT2D eigenvalue weighted by molar-refractivity contribution is 6.25. The largest absolute Gasteiger partial charge is 0.508 e. The molecule has 0 bridgehead atoms. The molecule has 1 rings (SSSR count). The maximum absolute atomic E-state index is 12.4. The molecule has 3 N–H and O–H groups in total. The summed E-state index contributed by atoms with van der Waals surface area (Å²) in [5, 5.41) is 20.9. The zero-order chi connectivity index (χ0) is 19.5. The average Bonchev–Trinajstić information content (AvgIpc) is 2.59. The molecule has 0 radical (unpaired) electrons. The zero-order valence-corrected chi connectivity index (χ0v) is 14.3. The molecule has 1 aromatic rings. The van der Waals surface area contributed by atoms with E-state index in [1.165, 1.54) is 12.1 Å². The molecule has 0 fully saturated rings. The minimum absolute atomic E-state index is 0.0909. The number of phenolic OH excluding ortho intramolecular Hbond substituents is 1. The molecule has 2 atom stereocenters. The van der Waals surface area contributed by atoms with Gasteiger partial charge in [0.2, 0.25) is 11.7 Å². The van der Waals surface area contributed by atoms with Crippen molar-refractivity contribution in [2.24, 2.45) is 0 Å². The number of nitrogens with one attached hydrogen (secondary N) is 1. The fraction of sp³-hybridized carbons (Fsp3) is 0.412. The molecule has 0 saturated heterocycles. The van der Waals surface area contributed by atoms with Crippen LogP contribution in [0.25, 0.3) is 5.53 Å². The van der Waals surface area contributed by atoms with E-state index in [2.05, 4.69) is 10.1 Å². The first-order chi connectivity index (χ1) is 12.4. The van der Waals surface area contributed by atoms with Crippen LogP contribution in [0.4, 0.5) is 0 Å². The minimum Gasteiger partial charge on any atom is -0.508 e. The number of ketones is 1. The number of rotatable bonds is 11. The quantitative estimate of drug-likeness (QED) is 0.297. The molecule has 0 unspecified atom stereocenters. The summed E-state index contributed by atoms with van der Waals surface area (Å²) < 4.78 is 5.39. The van der Waals surface area contributed by atoms with Gasteiger partial charge in [0, 0.05) is 19.4 Å². The van der Waals surface area contributed by atoms with Gasteiger partial charge in [-0.05, 0) is 31.0 Å². The van der Waals surface area contributed by atoms with E-state index in [1.807, 2.05) is 0 Å². The van der Waals surface area contributed by atoms with E-state index in [0.29, 0.717) is 6.21 Å². The Hall–Kier alpha value is -3.03. The molecule has 0 aliphatic heterocycles. The molecule has 0 aliphatic rings. The predicted octanol–water partition coefficient (Wildman–Crippen LogP) is 0.559. The van der Waals surface area contributed by atoms with E-state index < -0.39 is 29.8 Å². The smallest absolute Gasteiger partial charge is 0.326 e. The zero-order valence-electron chi connectivity index (χ0n) is 14.3. The number of aromatic hydroxyl groups is 1. The molecular formula is C17H21N3O6. The number of hydrogen-bond acceptors (Lipinski definition) is 5. The lowest BCUT2D eigenvalue weighted by atomic mass is 10.1. The van der Waals surface area contributed by atoms with Crippen LogP contribution in [0.2, 0.25) is 0 Å². The van der Waals surface area contributed by atoms with Crippen molar-refractivity contribution in [1.82, 2.24) is 5.32 Å². The number of carbonyl (C=O) groups excluding carboxylic acids is 2. The summed E-state index contributed by atoms with van der Waals surface area (Å²) >= 11 is 0. The molecule has 9 heteroatoms. The maximum atomic E-state index is 12.4. The van der Waals surface area contributed by atoms with Crippen molar-refractivity contribution in [2.75, 3.05) is 6.61 Å². The van der Waals surface area contributed by atoms with Crippen LogP contribution >= 0.6 is 0 Å². The van der Waals surface area contributed by atoms with Crippen molar-refractivity contribution in [1.29, 1.82) is 0 Å². The fourth-order valence-electron chi connectivity index (χ4n) is 2.21. The molecule has 26 heavy (non-hydrogen) atoms. The van der Waals surface area contributed by atoms with E-state index in [9.17, 15) is 24.6 Å².